The number of thioether (sulfide) groups is 1. The van der Waals surface area contributed by atoms with Gasteiger partial charge in [0, 0.05) is 19.8 Å². The summed E-state index contributed by atoms with van der Waals surface area (Å²) < 4.78 is 25.1. The Morgan fingerprint density at radius 2 is 1.20 bits per heavy atom. The van der Waals surface area contributed by atoms with Crippen molar-refractivity contribution >= 4 is 11.8 Å². The van der Waals surface area contributed by atoms with Crippen LogP contribution in [0.1, 0.15) is 73.1 Å². The number of hydrogen-bond donors (Lipinski definition) is 0. The summed E-state index contributed by atoms with van der Waals surface area (Å²) in [5, 5.41) is 0. The van der Waals surface area contributed by atoms with Gasteiger partial charge in [-0.15, -0.1) is 11.8 Å². The molecular formula is C20H40O4S. The minimum Gasteiger partial charge on any atom is -0.373 e. The molecule has 0 aromatic carbocycles. The monoisotopic (exact) mass is 376 g/mol. The summed E-state index contributed by atoms with van der Waals surface area (Å²) >= 11 is 1.81. The maximum Gasteiger partial charge on any atom is 0.132 e. The molecule has 0 saturated carbocycles. The van der Waals surface area contributed by atoms with Gasteiger partial charge in [0.05, 0.1) is 6.10 Å². The van der Waals surface area contributed by atoms with Crippen molar-refractivity contribution < 1.29 is 18.9 Å². The van der Waals surface area contributed by atoms with Gasteiger partial charge in [-0.3, -0.25) is 0 Å². The summed E-state index contributed by atoms with van der Waals surface area (Å²) in [7, 11) is 0. The molecular weight excluding hydrogens is 336 g/mol. The highest BCUT2D eigenvalue weighted by Crippen LogP contribution is 2.33. The van der Waals surface area contributed by atoms with Crippen LogP contribution in [0, 0.1) is 0 Å². The number of rotatable bonds is 14. The third kappa shape index (κ3) is 8.17. The van der Waals surface area contributed by atoms with E-state index in [0.717, 1.165) is 64.1 Å². The largest absolute Gasteiger partial charge is 0.373 e. The van der Waals surface area contributed by atoms with E-state index in [-0.39, 0.29) is 29.9 Å². The van der Waals surface area contributed by atoms with Crippen LogP contribution in [0.3, 0.4) is 0 Å². The van der Waals surface area contributed by atoms with Gasteiger partial charge in [-0.05, 0) is 31.9 Å². The van der Waals surface area contributed by atoms with Crippen molar-refractivity contribution in [3.63, 3.8) is 0 Å². The van der Waals surface area contributed by atoms with E-state index in [9.17, 15) is 0 Å². The molecule has 0 aromatic rings. The summed E-state index contributed by atoms with van der Waals surface area (Å²) in [6.07, 6.45) is 6.47. The Morgan fingerprint density at radius 3 is 1.68 bits per heavy atom. The second-order valence-electron chi connectivity index (χ2n) is 6.73. The van der Waals surface area contributed by atoms with Gasteiger partial charge >= 0.3 is 0 Å². The molecule has 25 heavy (non-hydrogen) atoms. The first-order valence-corrected chi connectivity index (χ1v) is 11.4. The molecule has 150 valence electrons. The normalized spacial score (nSPS) is 29.9. The number of ether oxygens (including phenoxy) is 4. The van der Waals surface area contributed by atoms with Gasteiger partial charge in [0.2, 0.25) is 0 Å². The molecule has 1 fully saturated rings. The molecule has 0 N–H and O–H groups in total. The van der Waals surface area contributed by atoms with Gasteiger partial charge < -0.3 is 18.9 Å². The molecule has 5 atom stereocenters. The molecule has 4 nitrogen and oxygen atoms in total. The van der Waals surface area contributed by atoms with E-state index < -0.39 is 0 Å². The second-order valence-corrected chi connectivity index (χ2v) is 8.11. The molecule has 0 amide bonds. The minimum absolute atomic E-state index is 0.0227. The van der Waals surface area contributed by atoms with Crippen molar-refractivity contribution in [1.82, 2.24) is 0 Å². The Kier molecular flexibility index (Phi) is 13.3. The molecule has 5 heteroatoms. The van der Waals surface area contributed by atoms with Crippen LogP contribution in [0.4, 0.5) is 0 Å². The van der Waals surface area contributed by atoms with E-state index in [1.807, 2.05) is 11.8 Å². The lowest BCUT2D eigenvalue weighted by atomic mass is 10.00. The van der Waals surface area contributed by atoms with Crippen molar-refractivity contribution in [2.75, 3.05) is 25.6 Å². The molecule has 0 aromatic heterocycles. The minimum atomic E-state index is -0.0591. The summed E-state index contributed by atoms with van der Waals surface area (Å²) in [5.74, 6) is 1.01. The topological polar surface area (TPSA) is 36.9 Å². The Bertz CT molecular complexity index is 316. The molecule has 0 radical (unpaired) electrons. The first kappa shape index (κ1) is 23.2. The van der Waals surface area contributed by atoms with Gasteiger partial charge in [0.25, 0.3) is 0 Å². The molecule has 0 bridgehead atoms. The van der Waals surface area contributed by atoms with E-state index in [0.29, 0.717) is 0 Å². The first-order chi connectivity index (χ1) is 12.2. The molecule has 1 saturated heterocycles. The standard InChI is InChI=1S/C20H40O4S/c1-6-10-13-21-17-16(5)24-20(25-9-4)19(23-15-12-8-3)18(17)22-14-11-7-2/h16-20H,6-15H2,1-5H3/t16-,17?,18-,19-,20?/m0/s1. The zero-order valence-corrected chi connectivity index (χ0v) is 17.8. The third-order valence-corrected chi connectivity index (χ3v) is 5.52. The van der Waals surface area contributed by atoms with E-state index in [4.69, 9.17) is 18.9 Å². The van der Waals surface area contributed by atoms with Crippen LogP contribution in [-0.4, -0.2) is 55.4 Å². The fourth-order valence-electron chi connectivity index (χ4n) is 2.96. The highest BCUT2D eigenvalue weighted by Gasteiger charge is 2.46. The molecule has 1 heterocycles. The third-order valence-electron chi connectivity index (χ3n) is 4.48. The van der Waals surface area contributed by atoms with Gasteiger partial charge in [-0.2, -0.15) is 0 Å². The number of unbranched alkanes of at least 4 members (excludes halogenated alkanes) is 3. The molecule has 0 spiro atoms. The number of hydrogen-bond acceptors (Lipinski definition) is 5. The van der Waals surface area contributed by atoms with Gasteiger partial charge in [-0.1, -0.05) is 47.0 Å². The fourth-order valence-corrected chi connectivity index (χ4v) is 3.96. The van der Waals surface area contributed by atoms with Crippen molar-refractivity contribution in [3.05, 3.63) is 0 Å². The molecule has 1 aliphatic heterocycles. The zero-order chi connectivity index (χ0) is 18.5. The predicted octanol–water partition coefficient (Wildman–Crippen LogP) is 5.04. The lowest BCUT2D eigenvalue weighted by Crippen LogP contribution is -2.58. The zero-order valence-electron chi connectivity index (χ0n) is 17.0. The Hall–Kier alpha value is 0.190. The van der Waals surface area contributed by atoms with Gasteiger partial charge in [-0.25, -0.2) is 0 Å². The summed E-state index contributed by atoms with van der Waals surface area (Å²) in [6.45, 7) is 13.1. The van der Waals surface area contributed by atoms with Crippen LogP contribution >= 0.6 is 11.8 Å². The van der Waals surface area contributed by atoms with Crippen molar-refractivity contribution in [2.45, 2.75) is 103 Å². The van der Waals surface area contributed by atoms with Crippen molar-refractivity contribution in [1.29, 1.82) is 0 Å². The maximum absolute atomic E-state index is 6.31. The Morgan fingerprint density at radius 1 is 0.720 bits per heavy atom. The summed E-state index contributed by atoms with van der Waals surface area (Å²) in [4.78, 5) is 0. The lowest BCUT2D eigenvalue weighted by Gasteiger charge is -2.45. The molecule has 0 aliphatic carbocycles. The van der Waals surface area contributed by atoms with E-state index >= 15 is 0 Å². The highest BCUT2D eigenvalue weighted by molar-refractivity contribution is 7.99. The van der Waals surface area contributed by atoms with E-state index in [1.54, 1.807) is 0 Å². The van der Waals surface area contributed by atoms with E-state index in [2.05, 4.69) is 34.6 Å². The van der Waals surface area contributed by atoms with E-state index in [1.165, 1.54) is 0 Å². The SMILES string of the molecule is CCCCOC1[C@H](C)OC(SCC)[C@@H](OCCCC)[C@H]1OCCCC. The quantitative estimate of drug-likeness (QED) is 0.397. The smallest absolute Gasteiger partial charge is 0.132 e. The molecule has 1 rings (SSSR count). The first-order valence-electron chi connectivity index (χ1n) is 10.3. The summed E-state index contributed by atoms with van der Waals surface area (Å²) in [6, 6.07) is 0. The van der Waals surface area contributed by atoms with Crippen LogP contribution in [0.2, 0.25) is 0 Å². The van der Waals surface area contributed by atoms with Crippen LogP contribution in [0.5, 0.6) is 0 Å². The Labute approximate surface area is 159 Å². The second kappa shape index (κ2) is 14.3. The molecule has 1 aliphatic rings. The van der Waals surface area contributed by atoms with Crippen LogP contribution in [0.25, 0.3) is 0 Å². The van der Waals surface area contributed by atoms with Crippen molar-refractivity contribution in [3.8, 4) is 0 Å². The van der Waals surface area contributed by atoms with Crippen LogP contribution < -0.4 is 0 Å². The fraction of sp³-hybridized carbons (Fsp3) is 1.00. The highest BCUT2D eigenvalue weighted by atomic mass is 32.2. The predicted molar refractivity (Wildman–Crippen MR) is 106 cm³/mol. The van der Waals surface area contributed by atoms with Crippen LogP contribution in [0.15, 0.2) is 0 Å². The average molecular weight is 377 g/mol. The lowest BCUT2D eigenvalue weighted by molar-refractivity contribution is -0.235. The van der Waals surface area contributed by atoms with Gasteiger partial charge in [0.1, 0.15) is 23.7 Å². The summed E-state index contributed by atoms with van der Waals surface area (Å²) in [5.41, 5.74) is 0.0227. The molecule has 2 unspecified atom stereocenters. The van der Waals surface area contributed by atoms with Crippen molar-refractivity contribution in [2.24, 2.45) is 0 Å². The van der Waals surface area contributed by atoms with Crippen LogP contribution in [-0.2, 0) is 18.9 Å². The average Bonchev–Trinajstić information content (AvgIpc) is 2.60. The van der Waals surface area contributed by atoms with Gasteiger partial charge in [0.15, 0.2) is 0 Å². The Balaban J connectivity index is 2.84. The maximum atomic E-state index is 6.31.